The number of imide groups is 2. The van der Waals surface area contributed by atoms with Crippen molar-refractivity contribution in [2.75, 3.05) is 50.2 Å². The summed E-state index contributed by atoms with van der Waals surface area (Å²) in [6.45, 7) is 2.32. The fourth-order valence-corrected chi connectivity index (χ4v) is 5.39. The molecule has 37 heavy (non-hydrogen) atoms. The van der Waals surface area contributed by atoms with Gasteiger partial charge in [-0.2, -0.15) is 0 Å². The highest BCUT2D eigenvalue weighted by atomic mass is 16.5. The van der Waals surface area contributed by atoms with Gasteiger partial charge in [-0.25, -0.2) is 9.80 Å². The maximum absolute atomic E-state index is 13.3. The SMILES string of the molecule is COc1ccc(N2C(=O)C[C@H](N3CCCN([C@H]4CC(=O)N(c5ccc(OC)cc5)C4=O)CC3)C2=O)cc1. The zero-order chi connectivity index (χ0) is 26.1. The highest BCUT2D eigenvalue weighted by molar-refractivity contribution is 6.23. The van der Waals surface area contributed by atoms with Gasteiger partial charge < -0.3 is 9.47 Å². The monoisotopic (exact) mass is 506 g/mol. The minimum Gasteiger partial charge on any atom is -0.497 e. The molecule has 0 aromatic heterocycles. The lowest BCUT2D eigenvalue weighted by molar-refractivity contribution is -0.124. The molecule has 3 heterocycles. The Morgan fingerprint density at radius 2 is 0.973 bits per heavy atom. The number of hydrogen-bond acceptors (Lipinski definition) is 8. The second-order valence-electron chi connectivity index (χ2n) is 9.40. The molecule has 3 aliphatic heterocycles. The summed E-state index contributed by atoms with van der Waals surface area (Å²) in [6.07, 6.45) is 0.967. The first-order chi connectivity index (χ1) is 17.9. The number of rotatable bonds is 6. The van der Waals surface area contributed by atoms with Crippen LogP contribution in [0.1, 0.15) is 19.3 Å². The van der Waals surface area contributed by atoms with Gasteiger partial charge >= 0.3 is 0 Å². The Morgan fingerprint density at radius 1 is 0.595 bits per heavy atom. The number of amides is 4. The molecule has 3 aliphatic rings. The van der Waals surface area contributed by atoms with Crippen LogP contribution in [-0.2, 0) is 19.2 Å². The van der Waals surface area contributed by atoms with Gasteiger partial charge in [0.05, 0.1) is 50.5 Å². The van der Waals surface area contributed by atoms with Crippen LogP contribution in [0.5, 0.6) is 11.5 Å². The van der Waals surface area contributed by atoms with Crippen molar-refractivity contribution in [1.82, 2.24) is 9.80 Å². The number of methoxy groups -OCH3 is 2. The molecule has 0 radical (unpaired) electrons. The molecule has 0 N–H and O–H groups in total. The number of ether oxygens (including phenoxy) is 2. The quantitative estimate of drug-likeness (QED) is 0.546. The molecule has 3 fully saturated rings. The number of hydrogen-bond donors (Lipinski definition) is 0. The van der Waals surface area contributed by atoms with Crippen molar-refractivity contribution in [2.45, 2.75) is 31.3 Å². The lowest BCUT2D eigenvalue weighted by atomic mass is 10.2. The van der Waals surface area contributed by atoms with E-state index in [1.54, 1.807) is 62.8 Å². The third-order valence-electron chi connectivity index (χ3n) is 7.35. The minimum absolute atomic E-state index is 0.122. The van der Waals surface area contributed by atoms with Crippen molar-refractivity contribution in [3.8, 4) is 11.5 Å². The topological polar surface area (TPSA) is 99.7 Å². The van der Waals surface area contributed by atoms with E-state index in [1.807, 2.05) is 9.80 Å². The predicted molar refractivity (Wildman–Crippen MR) is 136 cm³/mol. The van der Waals surface area contributed by atoms with E-state index in [0.717, 1.165) is 6.42 Å². The minimum atomic E-state index is -0.536. The third kappa shape index (κ3) is 4.70. The van der Waals surface area contributed by atoms with Gasteiger partial charge in [0.15, 0.2) is 0 Å². The van der Waals surface area contributed by atoms with Crippen LogP contribution in [0.25, 0.3) is 0 Å². The van der Waals surface area contributed by atoms with Gasteiger partial charge in [-0.3, -0.25) is 29.0 Å². The predicted octanol–water partition coefficient (Wildman–Crippen LogP) is 1.68. The van der Waals surface area contributed by atoms with Crippen LogP contribution < -0.4 is 19.3 Å². The molecule has 10 heteroatoms. The molecule has 2 aromatic rings. The van der Waals surface area contributed by atoms with Gasteiger partial charge in [0.1, 0.15) is 11.5 Å². The summed E-state index contributed by atoms with van der Waals surface area (Å²) in [7, 11) is 3.12. The van der Waals surface area contributed by atoms with E-state index < -0.39 is 12.1 Å². The smallest absolute Gasteiger partial charge is 0.251 e. The summed E-state index contributed by atoms with van der Waals surface area (Å²) in [6, 6.07) is 12.7. The fraction of sp³-hybridized carbons (Fsp3) is 0.407. The number of anilines is 2. The molecule has 194 valence electrons. The second kappa shape index (κ2) is 10.3. The maximum Gasteiger partial charge on any atom is 0.251 e. The highest BCUT2D eigenvalue weighted by Gasteiger charge is 2.45. The van der Waals surface area contributed by atoms with Crippen molar-refractivity contribution < 1.29 is 28.7 Å². The van der Waals surface area contributed by atoms with E-state index in [4.69, 9.17) is 9.47 Å². The van der Waals surface area contributed by atoms with E-state index in [0.29, 0.717) is 49.1 Å². The number of carbonyl (C=O) groups is 4. The van der Waals surface area contributed by atoms with Gasteiger partial charge in [-0.05, 0) is 55.0 Å². The van der Waals surface area contributed by atoms with Gasteiger partial charge in [0.25, 0.3) is 11.8 Å². The molecule has 2 atom stereocenters. The summed E-state index contributed by atoms with van der Waals surface area (Å²) in [5, 5.41) is 0. The molecule has 0 aliphatic carbocycles. The Morgan fingerprint density at radius 3 is 1.32 bits per heavy atom. The Balaban J connectivity index is 1.24. The van der Waals surface area contributed by atoms with Gasteiger partial charge in [0.2, 0.25) is 11.8 Å². The molecule has 0 bridgehead atoms. The third-order valence-corrected chi connectivity index (χ3v) is 7.35. The molecule has 10 nitrogen and oxygen atoms in total. The first kappa shape index (κ1) is 24.9. The van der Waals surface area contributed by atoms with Crippen LogP contribution in [0, 0.1) is 0 Å². The molecule has 2 aromatic carbocycles. The molecular formula is C27H30N4O6. The molecule has 0 spiro atoms. The van der Waals surface area contributed by atoms with Gasteiger partial charge in [0, 0.05) is 26.2 Å². The zero-order valence-electron chi connectivity index (χ0n) is 21.0. The summed E-state index contributed by atoms with van der Waals surface area (Å²) in [4.78, 5) is 58.7. The summed E-state index contributed by atoms with van der Waals surface area (Å²) < 4.78 is 10.3. The van der Waals surface area contributed by atoms with Gasteiger partial charge in [-0.15, -0.1) is 0 Å². The Bertz CT molecular complexity index is 1100. The van der Waals surface area contributed by atoms with Crippen LogP contribution in [-0.4, -0.2) is 85.9 Å². The first-order valence-corrected chi connectivity index (χ1v) is 12.4. The summed E-state index contributed by atoms with van der Waals surface area (Å²) in [5.74, 6) is 0.374. The largest absolute Gasteiger partial charge is 0.497 e. The first-order valence-electron chi connectivity index (χ1n) is 12.4. The Kier molecular flexibility index (Phi) is 6.94. The molecule has 5 rings (SSSR count). The molecule has 0 saturated carbocycles. The second-order valence-corrected chi connectivity index (χ2v) is 9.40. The van der Waals surface area contributed by atoms with Crippen LogP contribution in [0.2, 0.25) is 0 Å². The van der Waals surface area contributed by atoms with Crippen molar-refractivity contribution in [3.05, 3.63) is 48.5 Å². The fourth-order valence-electron chi connectivity index (χ4n) is 5.39. The number of nitrogens with zero attached hydrogens (tertiary/aromatic N) is 4. The zero-order valence-corrected chi connectivity index (χ0v) is 21.0. The highest BCUT2D eigenvalue weighted by Crippen LogP contribution is 2.30. The van der Waals surface area contributed by atoms with E-state index in [2.05, 4.69) is 0 Å². The van der Waals surface area contributed by atoms with Crippen molar-refractivity contribution >= 4 is 35.0 Å². The van der Waals surface area contributed by atoms with Crippen LogP contribution >= 0.6 is 0 Å². The molecule has 3 saturated heterocycles. The lowest BCUT2D eigenvalue weighted by Gasteiger charge is -2.27. The summed E-state index contributed by atoms with van der Waals surface area (Å²) in [5.41, 5.74) is 1.06. The molecular weight excluding hydrogens is 476 g/mol. The van der Waals surface area contributed by atoms with Crippen LogP contribution in [0.4, 0.5) is 11.4 Å². The maximum atomic E-state index is 13.3. The van der Waals surface area contributed by atoms with Crippen molar-refractivity contribution in [2.24, 2.45) is 0 Å². The average molecular weight is 507 g/mol. The van der Waals surface area contributed by atoms with Gasteiger partial charge in [-0.1, -0.05) is 0 Å². The van der Waals surface area contributed by atoms with Crippen molar-refractivity contribution in [1.29, 1.82) is 0 Å². The van der Waals surface area contributed by atoms with E-state index in [9.17, 15) is 19.2 Å². The number of carbonyl (C=O) groups excluding carboxylic acids is 4. The van der Waals surface area contributed by atoms with Crippen LogP contribution in [0.15, 0.2) is 48.5 Å². The standard InChI is InChI=1S/C27H30N4O6/c1-36-20-8-4-18(5-9-20)30-24(32)16-22(26(30)34)28-12-3-13-29(15-14-28)23-17-25(33)31(27(23)35)19-6-10-21(37-2)11-7-19/h4-11,22-23H,3,12-17H2,1-2H3/t22-,23-/m0/s1. The molecule has 0 unspecified atom stereocenters. The Hall–Kier alpha value is -3.76. The van der Waals surface area contributed by atoms with E-state index >= 15 is 0 Å². The molecule has 4 amide bonds. The van der Waals surface area contributed by atoms with Crippen LogP contribution in [0.3, 0.4) is 0 Å². The van der Waals surface area contributed by atoms with E-state index in [-0.39, 0.29) is 36.5 Å². The lowest BCUT2D eigenvalue weighted by Crippen LogP contribution is -2.46. The number of benzene rings is 2. The normalized spacial score (nSPS) is 23.6. The van der Waals surface area contributed by atoms with Crippen molar-refractivity contribution in [3.63, 3.8) is 0 Å². The summed E-state index contributed by atoms with van der Waals surface area (Å²) >= 11 is 0. The van der Waals surface area contributed by atoms with E-state index in [1.165, 1.54) is 9.80 Å². The Labute approximate surface area is 215 Å². The average Bonchev–Trinajstić information content (AvgIpc) is 3.24.